The van der Waals surface area contributed by atoms with E-state index in [1.54, 1.807) is 13.3 Å². The molecule has 34 heavy (non-hydrogen) atoms. The summed E-state index contributed by atoms with van der Waals surface area (Å²) in [7, 11) is 3.42. The molecule has 178 valence electrons. The Morgan fingerprint density at radius 1 is 1.32 bits per heavy atom. The minimum Gasteiger partial charge on any atom is -0.481 e. The highest BCUT2D eigenvalue weighted by Gasteiger charge is 2.56. The lowest BCUT2D eigenvalue weighted by molar-refractivity contribution is -0.131. The van der Waals surface area contributed by atoms with Gasteiger partial charge in [0.15, 0.2) is 0 Å². The molecule has 8 nitrogen and oxygen atoms in total. The van der Waals surface area contributed by atoms with Crippen molar-refractivity contribution in [2.75, 3.05) is 25.5 Å². The number of carbonyl (C=O) groups is 1. The molecule has 0 bridgehead atoms. The maximum atomic E-state index is 14.4. The summed E-state index contributed by atoms with van der Waals surface area (Å²) in [6.45, 7) is 4.95. The van der Waals surface area contributed by atoms with E-state index < -0.39 is 11.7 Å². The van der Waals surface area contributed by atoms with E-state index in [1.807, 2.05) is 41.8 Å². The molecule has 1 saturated heterocycles. The number of nitrogens with one attached hydrogen (secondary N) is 1. The molecule has 0 unspecified atom stereocenters. The summed E-state index contributed by atoms with van der Waals surface area (Å²) in [5, 5.41) is 3.58. The van der Waals surface area contributed by atoms with Gasteiger partial charge in [-0.3, -0.25) is 4.79 Å². The van der Waals surface area contributed by atoms with Crippen LogP contribution in [0.3, 0.4) is 0 Å². The van der Waals surface area contributed by atoms with E-state index in [1.165, 1.54) is 13.2 Å². The number of carbonyl (C=O) groups excluding carboxylic acids is 1. The van der Waals surface area contributed by atoms with Gasteiger partial charge in [0.2, 0.25) is 11.8 Å². The van der Waals surface area contributed by atoms with Gasteiger partial charge in [-0.1, -0.05) is 0 Å². The van der Waals surface area contributed by atoms with Gasteiger partial charge in [0.25, 0.3) is 0 Å². The fourth-order valence-electron chi connectivity index (χ4n) is 4.93. The van der Waals surface area contributed by atoms with Crippen LogP contribution in [0.4, 0.5) is 10.2 Å². The number of aromatic nitrogens is 4. The number of likely N-dealkylation sites (tertiary alicyclic amines) is 1. The number of ether oxygens (including phenoxy) is 1. The fourth-order valence-corrected chi connectivity index (χ4v) is 4.93. The topological polar surface area (TPSA) is 85.2 Å². The summed E-state index contributed by atoms with van der Waals surface area (Å²) in [5.74, 6) is -0.113. The van der Waals surface area contributed by atoms with E-state index in [4.69, 9.17) is 9.72 Å². The fraction of sp³-hybridized carbons (Fsp3) is 0.440. The van der Waals surface area contributed by atoms with Gasteiger partial charge < -0.3 is 19.5 Å². The van der Waals surface area contributed by atoms with Gasteiger partial charge in [-0.25, -0.2) is 19.3 Å². The Hall–Kier alpha value is -3.49. The molecule has 3 aromatic rings. The number of nitrogens with zero attached hydrogens (tertiary/aromatic N) is 5. The van der Waals surface area contributed by atoms with Crippen molar-refractivity contribution in [2.24, 2.45) is 12.5 Å². The molecule has 1 saturated carbocycles. The summed E-state index contributed by atoms with van der Waals surface area (Å²) in [4.78, 5) is 28.2. The van der Waals surface area contributed by atoms with Gasteiger partial charge in [0.05, 0.1) is 37.3 Å². The number of methoxy groups -OCH3 is 1. The highest BCUT2D eigenvalue weighted by atomic mass is 19.1. The lowest BCUT2D eigenvalue weighted by Gasteiger charge is -2.22. The van der Waals surface area contributed by atoms with Crippen molar-refractivity contribution in [3.05, 3.63) is 54.0 Å². The third-order valence-corrected chi connectivity index (χ3v) is 7.15. The summed E-state index contributed by atoms with van der Waals surface area (Å²) in [6, 6.07) is 5.62. The largest absolute Gasteiger partial charge is 0.481 e. The molecule has 4 heterocycles. The van der Waals surface area contributed by atoms with Gasteiger partial charge >= 0.3 is 0 Å². The predicted octanol–water partition coefficient (Wildman–Crippen LogP) is 3.54. The second-order valence-electron chi connectivity index (χ2n) is 9.50. The second-order valence-corrected chi connectivity index (χ2v) is 9.50. The Morgan fingerprint density at radius 2 is 2.12 bits per heavy atom. The van der Waals surface area contributed by atoms with E-state index in [2.05, 4.69) is 15.3 Å². The molecule has 3 aromatic heterocycles. The van der Waals surface area contributed by atoms with Crippen molar-refractivity contribution in [1.82, 2.24) is 24.4 Å². The molecule has 2 fully saturated rings. The van der Waals surface area contributed by atoms with Crippen LogP contribution in [-0.2, 0) is 11.8 Å². The molecular formula is C25H29FN6O2. The maximum Gasteiger partial charge on any atom is 0.230 e. The standard InChI is InChI=1S/C25H29FN6O2/c1-15(18-9-23(34-4)27-10-19(18)26)24(33)32-12-21(25(13-32)7-8-25)30-22-6-5-17(16(2)29-22)20-11-31(3)14-28-20/h5-6,9-11,14-15,21H,7-8,12-13H2,1-4H3,(H,29,30)/t15-,21-/m1/s1. The number of aryl methyl sites for hydroxylation is 2. The molecule has 9 heteroatoms. The molecule has 2 atom stereocenters. The van der Waals surface area contributed by atoms with Gasteiger partial charge in [-0.15, -0.1) is 0 Å². The molecule has 0 aromatic carbocycles. The summed E-state index contributed by atoms with van der Waals surface area (Å²) in [6.07, 6.45) is 6.98. The average molecular weight is 465 g/mol. The predicted molar refractivity (Wildman–Crippen MR) is 126 cm³/mol. The van der Waals surface area contributed by atoms with Crippen molar-refractivity contribution in [2.45, 2.75) is 38.6 Å². The zero-order valence-corrected chi connectivity index (χ0v) is 19.9. The van der Waals surface area contributed by atoms with E-state index in [0.717, 1.165) is 41.8 Å². The molecule has 1 spiro atoms. The first-order valence-electron chi connectivity index (χ1n) is 11.5. The molecule has 2 aliphatic rings. The SMILES string of the molecule is COc1cc([C@@H](C)C(=O)N2C[C@@H](Nc3ccc(-c4cn(C)cn4)c(C)n3)C3(CC3)C2)c(F)cn1. The molecule has 1 aliphatic carbocycles. The molecule has 0 radical (unpaired) electrons. The number of pyridine rings is 2. The Bertz CT molecular complexity index is 1240. The molecular weight excluding hydrogens is 435 g/mol. The van der Waals surface area contributed by atoms with Crippen LogP contribution in [0.25, 0.3) is 11.3 Å². The molecule has 1 amide bonds. The van der Waals surface area contributed by atoms with Crippen molar-refractivity contribution < 1.29 is 13.9 Å². The van der Waals surface area contributed by atoms with Crippen LogP contribution >= 0.6 is 0 Å². The van der Waals surface area contributed by atoms with E-state index >= 15 is 0 Å². The molecule has 1 aliphatic heterocycles. The first kappa shape index (κ1) is 22.3. The van der Waals surface area contributed by atoms with Crippen LogP contribution in [0.1, 0.15) is 36.9 Å². The Kier molecular flexibility index (Phi) is 5.50. The van der Waals surface area contributed by atoms with Crippen molar-refractivity contribution in [3.63, 3.8) is 0 Å². The van der Waals surface area contributed by atoms with Gasteiger partial charge in [-0.05, 0) is 38.8 Å². The third-order valence-electron chi connectivity index (χ3n) is 7.15. The Labute approximate surface area is 198 Å². The number of hydrogen-bond acceptors (Lipinski definition) is 6. The molecule has 1 N–H and O–H groups in total. The van der Waals surface area contributed by atoms with Crippen LogP contribution in [0.15, 0.2) is 36.9 Å². The van der Waals surface area contributed by atoms with Crippen LogP contribution in [0, 0.1) is 18.2 Å². The quantitative estimate of drug-likeness (QED) is 0.601. The minimum absolute atomic E-state index is 0.0547. The van der Waals surface area contributed by atoms with E-state index in [9.17, 15) is 9.18 Å². The van der Waals surface area contributed by atoms with Crippen LogP contribution < -0.4 is 10.1 Å². The first-order valence-corrected chi connectivity index (χ1v) is 11.5. The smallest absolute Gasteiger partial charge is 0.230 e. The number of rotatable bonds is 6. The minimum atomic E-state index is -0.621. The van der Waals surface area contributed by atoms with E-state index in [0.29, 0.717) is 24.5 Å². The van der Waals surface area contributed by atoms with Gasteiger partial charge in [-0.2, -0.15) is 0 Å². The van der Waals surface area contributed by atoms with Gasteiger partial charge in [0.1, 0.15) is 11.6 Å². The van der Waals surface area contributed by atoms with Gasteiger partial charge in [0, 0.05) is 54.6 Å². The van der Waals surface area contributed by atoms with Crippen molar-refractivity contribution in [1.29, 1.82) is 0 Å². The first-order chi connectivity index (χ1) is 16.3. The van der Waals surface area contributed by atoms with Crippen LogP contribution in [-0.4, -0.2) is 56.6 Å². The third kappa shape index (κ3) is 3.99. The monoisotopic (exact) mass is 464 g/mol. The lowest BCUT2D eigenvalue weighted by atomic mass is 10.00. The number of anilines is 1. The Morgan fingerprint density at radius 3 is 2.76 bits per heavy atom. The number of imidazole rings is 1. The highest BCUT2D eigenvalue weighted by Crippen LogP contribution is 2.54. The number of hydrogen-bond donors (Lipinski definition) is 1. The number of halogens is 1. The normalized spacial score (nSPS) is 19.3. The van der Waals surface area contributed by atoms with Crippen LogP contribution in [0.5, 0.6) is 5.88 Å². The zero-order valence-electron chi connectivity index (χ0n) is 19.9. The zero-order chi connectivity index (χ0) is 24.0. The van der Waals surface area contributed by atoms with Crippen molar-refractivity contribution >= 4 is 11.7 Å². The second kappa shape index (κ2) is 8.38. The maximum absolute atomic E-state index is 14.4. The summed E-state index contributed by atoms with van der Waals surface area (Å²) >= 11 is 0. The van der Waals surface area contributed by atoms with E-state index in [-0.39, 0.29) is 17.4 Å². The summed E-state index contributed by atoms with van der Waals surface area (Å²) < 4.78 is 21.4. The lowest BCUT2D eigenvalue weighted by Crippen LogP contribution is -2.34. The van der Waals surface area contributed by atoms with Crippen molar-refractivity contribution in [3.8, 4) is 17.1 Å². The highest BCUT2D eigenvalue weighted by molar-refractivity contribution is 5.84. The number of amides is 1. The summed E-state index contributed by atoms with van der Waals surface area (Å²) in [5.41, 5.74) is 3.15. The molecule has 5 rings (SSSR count). The Balaban J connectivity index is 1.31. The average Bonchev–Trinajstić information content (AvgIpc) is 3.34. The van der Waals surface area contributed by atoms with Crippen LogP contribution in [0.2, 0.25) is 0 Å².